The third-order valence-corrected chi connectivity index (χ3v) is 2.46. The van der Waals surface area contributed by atoms with Crippen LogP contribution >= 0.6 is 0 Å². The summed E-state index contributed by atoms with van der Waals surface area (Å²) in [4.78, 5) is 11.5. The molecule has 16 heavy (non-hydrogen) atoms. The number of halogens is 3. The van der Waals surface area contributed by atoms with E-state index >= 15 is 0 Å². The number of ether oxygens (including phenoxy) is 1. The number of nitrogens with zero attached hydrogens (tertiary/aromatic N) is 1. The number of carboxylic acids is 1. The summed E-state index contributed by atoms with van der Waals surface area (Å²) in [6.45, 7) is 2.09. The largest absolute Gasteiger partial charge is 0.481 e. The fourth-order valence-electron chi connectivity index (χ4n) is 1.75. The van der Waals surface area contributed by atoms with Gasteiger partial charge in [0.1, 0.15) is 6.04 Å². The number of aliphatic carboxylic acids is 1. The molecule has 0 radical (unpaired) electrons. The fraction of sp³-hybridized carbons (Fsp3) is 0.889. The van der Waals surface area contributed by atoms with E-state index in [2.05, 4.69) is 0 Å². The first-order valence-electron chi connectivity index (χ1n) is 4.95. The summed E-state index contributed by atoms with van der Waals surface area (Å²) in [5.41, 5.74) is 0. The second-order valence-corrected chi connectivity index (χ2v) is 3.83. The highest BCUT2D eigenvalue weighted by atomic mass is 19.4. The second kappa shape index (κ2) is 5.01. The maximum atomic E-state index is 12.6. The first-order chi connectivity index (χ1) is 7.30. The molecule has 4 nitrogen and oxygen atoms in total. The van der Waals surface area contributed by atoms with Gasteiger partial charge >= 0.3 is 12.1 Å². The second-order valence-electron chi connectivity index (χ2n) is 3.83. The van der Waals surface area contributed by atoms with Gasteiger partial charge in [-0.15, -0.1) is 0 Å². The number of hydrogen-bond donors (Lipinski definition) is 1. The van der Waals surface area contributed by atoms with Crippen molar-refractivity contribution in [3.8, 4) is 0 Å². The van der Waals surface area contributed by atoms with E-state index in [4.69, 9.17) is 9.84 Å². The van der Waals surface area contributed by atoms with Crippen LogP contribution in [0.4, 0.5) is 13.2 Å². The normalized spacial score (nSPS) is 25.4. The molecule has 0 aliphatic carbocycles. The van der Waals surface area contributed by atoms with Gasteiger partial charge in [0.05, 0.1) is 19.1 Å². The Bertz CT molecular complexity index is 257. The third kappa shape index (κ3) is 3.64. The topological polar surface area (TPSA) is 49.8 Å². The van der Waals surface area contributed by atoms with Crippen LogP contribution in [0, 0.1) is 0 Å². The van der Waals surface area contributed by atoms with Crippen LogP contribution in [-0.4, -0.2) is 54.0 Å². The van der Waals surface area contributed by atoms with Crippen LogP contribution < -0.4 is 0 Å². The molecule has 0 aromatic carbocycles. The van der Waals surface area contributed by atoms with Crippen molar-refractivity contribution in [1.29, 1.82) is 0 Å². The summed E-state index contributed by atoms with van der Waals surface area (Å²) in [7, 11) is 0. The first kappa shape index (κ1) is 13.2. The van der Waals surface area contributed by atoms with Crippen LogP contribution in [0.15, 0.2) is 0 Å². The van der Waals surface area contributed by atoms with Crippen molar-refractivity contribution in [2.45, 2.75) is 31.7 Å². The van der Waals surface area contributed by atoms with E-state index in [-0.39, 0.29) is 25.8 Å². The maximum Gasteiger partial charge on any atom is 0.404 e. The quantitative estimate of drug-likeness (QED) is 0.804. The monoisotopic (exact) mass is 241 g/mol. The molecule has 1 heterocycles. The first-order valence-corrected chi connectivity index (χ1v) is 4.95. The number of hydrogen-bond acceptors (Lipinski definition) is 3. The van der Waals surface area contributed by atoms with Gasteiger partial charge in [-0.05, 0) is 6.92 Å². The molecule has 7 heteroatoms. The molecule has 1 aliphatic heterocycles. The predicted molar refractivity (Wildman–Crippen MR) is 49.1 cm³/mol. The van der Waals surface area contributed by atoms with E-state index in [0.717, 1.165) is 4.90 Å². The molecule has 1 N–H and O–H groups in total. The van der Waals surface area contributed by atoms with Crippen LogP contribution in [0.1, 0.15) is 13.3 Å². The molecule has 2 unspecified atom stereocenters. The van der Waals surface area contributed by atoms with Crippen molar-refractivity contribution in [1.82, 2.24) is 4.90 Å². The lowest BCUT2D eigenvalue weighted by Crippen LogP contribution is -2.53. The molecular formula is C9H14F3NO3. The Morgan fingerprint density at radius 2 is 2.25 bits per heavy atom. The number of rotatable bonds is 3. The summed E-state index contributed by atoms with van der Waals surface area (Å²) < 4.78 is 43.1. The van der Waals surface area contributed by atoms with Gasteiger partial charge in [-0.1, -0.05) is 0 Å². The van der Waals surface area contributed by atoms with E-state index in [1.807, 2.05) is 0 Å². The molecule has 0 saturated carbocycles. The van der Waals surface area contributed by atoms with Crippen molar-refractivity contribution >= 4 is 5.97 Å². The van der Waals surface area contributed by atoms with Gasteiger partial charge < -0.3 is 9.84 Å². The molecule has 1 aliphatic rings. The van der Waals surface area contributed by atoms with E-state index in [1.165, 1.54) is 0 Å². The van der Waals surface area contributed by atoms with Gasteiger partial charge in [-0.3, -0.25) is 9.69 Å². The predicted octanol–water partition coefficient (Wildman–Crippen LogP) is 1.11. The fourth-order valence-corrected chi connectivity index (χ4v) is 1.75. The molecular weight excluding hydrogens is 227 g/mol. The number of alkyl halides is 3. The smallest absolute Gasteiger partial charge is 0.404 e. The average molecular weight is 241 g/mol. The maximum absolute atomic E-state index is 12.6. The van der Waals surface area contributed by atoms with Crippen LogP contribution in [0.5, 0.6) is 0 Å². The Balaban J connectivity index is 2.71. The van der Waals surface area contributed by atoms with E-state index < -0.39 is 24.6 Å². The summed E-state index contributed by atoms with van der Waals surface area (Å²) in [6, 6.07) is -1.92. The summed E-state index contributed by atoms with van der Waals surface area (Å²) in [5, 5.41) is 8.49. The molecule has 0 amide bonds. The number of carbonyl (C=O) groups is 1. The molecule has 1 saturated heterocycles. The standard InChI is InChI=1S/C9H14F3NO3/c1-6-5-13(2-3-16-6)7(4-8(14)15)9(10,11)12/h6-7H,2-5H2,1H3,(H,14,15). The van der Waals surface area contributed by atoms with Gasteiger partial charge in [-0.2, -0.15) is 13.2 Å². The Kier molecular flexibility index (Phi) is 4.15. The minimum Gasteiger partial charge on any atom is -0.481 e. The Morgan fingerprint density at radius 1 is 1.62 bits per heavy atom. The van der Waals surface area contributed by atoms with Crippen molar-refractivity contribution in [2.24, 2.45) is 0 Å². The van der Waals surface area contributed by atoms with Gasteiger partial charge in [0.15, 0.2) is 0 Å². The molecule has 0 aromatic heterocycles. The average Bonchev–Trinajstić information content (AvgIpc) is 2.12. The van der Waals surface area contributed by atoms with Crippen LogP contribution in [0.3, 0.4) is 0 Å². The molecule has 1 fully saturated rings. The van der Waals surface area contributed by atoms with Crippen molar-refractivity contribution in [3.63, 3.8) is 0 Å². The SMILES string of the molecule is CC1CN(C(CC(=O)O)C(F)(F)F)CCO1. The van der Waals surface area contributed by atoms with E-state index in [0.29, 0.717) is 0 Å². The van der Waals surface area contributed by atoms with Crippen molar-refractivity contribution in [2.75, 3.05) is 19.7 Å². The molecule has 1 rings (SSSR count). The van der Waals surface area contributed by atoms with Crippen LogP contribution in [-0.2, 0) is 9.53 Å². The zero-order chi connectivity index (χ0) is 12.3. The minimum absolute atomic E-state index is 0.109. The number of morpholine rings is 1. The Labute approximate surface area is 91.0 Å². The van der Waals surface area contributed by atoms with Gasteiger partial charge in [0, 0.05) is 13.1 Å². The van der Waals surface area contributed by atoms with Gasteiger partial charge in [0.25, 0.3) is 0 Å². The molecule has 0 aromatic rings. The zero-order valence-electron chi connectivity index (χ0n) is 8.83. The zero-order valence-corrected chi connectivity index (χ0v) is 8.83. The lowest BCUT2D eigenvalue weighted by Gasteiger charge is -2.37. The molecule has 2 atom stereocenters. The van der Waals surface area contributed by atoms with Gasteiger partial charge in [-0.25, -0.2) is 0 Å². The van der Waals surface area contributed by atoms with Crippen LogP contribution in [0.2, 0.25) is 0 Å². The number of carboxylic acid groups (broad SMARTS) is 1. The van der Waals surface area contributed by atoms with E-state index in [1.54, 1.807) is 6.92 Å². The molecule has 0 spiro atoms. The summed E-state index contributed by atoms with van der Waals surface area (Å²) >= 11 is 0. The summed E-state index contributed by atoms with van der Waals surface area (Å²) in [6.07, 6.45) is -5.74. The van der Waals surface area contributed by atoms with Gasteiger partial charge in [0.2, 0.25) is 0 Å². The highest BCUT2D eigenvalue weighted by Gasteiger charge is 2.45. The Hall–Kier alpha value is -0.820. The Morgan fingerprint density at radius 3 is 2.69 bits per heavy atom. The van der Waals surface area contributed by atoms with Crippen molar-refractivity contribution in [3.05, 3.63) is 0 Å². The summed E-state index contributed by atoms with van der Waals surface area (Å²) in [5.74, 6) is -1.44. The minimum atomic E-state index is -4.52. The highest BCUT2D eigenvalue weighted by Crippen LogP contribution is 2.28. The van der Waals surface area contributed by atoms with Crippen molar-refractivity contribution < 1.29 is 27.8 Å². The van der Waals surface area contributed by atoms with Crippen LogP contribution in [0.25, 0.3) is 0 Å². The lowest BCUT2D eigenvalue weighted by atomic mass is 10.1. The third-order valence-electron chi connectivity index (χ3n) is 2.46. The molecule has 0 bridgehead atoms. The molecule has 94 valence electrons. The lowest BCUT2D eigenvalue weighted by molar-refractivity contribution is -0.201. The van der Waals surface area contributed by atoms with E-state index in [9.17, 15) is 18.0 Å². The highest BCUT2D eigenvalue weighted by molar-refractivity contribution is 5.67.